The molecule has 0 aliphatic heterocycles. The summed E-state index contributed by atoms with van der Waals surface area (Å²) in [6, 6.07) is 16.2. The van der Waals surface area contributed by atoms with E-state index in [0.717, 1.165) is 15.6 Å². The highest BCUT2D eigenvalue weighted by atomic mass is 79.9. The molecule has 0 spiro atoms. The van der Waals surface area contributed by atoms with Crippen LogP contribution in [0.25, 0.3) is 0 Å². The lowest BCUT2D eigenvalue weighted by atomic mass is 10.0. The number of rotatable bonds is 3. The molecule has 5 heteroatoms. The molecule has 2 N–H and O–H groups in total. The average molecular weight is 350 g/mol. The molecule has 0 aromatic heterocycles. The number of hydrogen-bond acceptors (Lipinski definition) is 2. The summed E-state index contributed by atoms with van der Waals surface area (Å²) in [5, 5.41) is 8.84. The average Bonchev–Trinajstić information content (AvgIpc) is 3.15. The SMILES string of the molecule is O=C(NO)C1(F)C(c2ccccc2)C1c1ccc(Br)cc1. The monoisotopic (exact) mass is 349 g/mol. The van der Waals surface area contributed by atoms with Crippen molar-refractivity contribution in [3.8, 4) is 0 Å². The molecule has 0 saturated heterocycles. The Morgan fingerprint density at radius 3 is 2.10 bits per heavy atom. The van der Waals surface area contributed by atoms with Gasteiger partial charge in [-0.05, 0) is 23.3 Å². The Hall–Kier alpha value is -1.72. The van der Waals surface area contributed by atoms with Gasteiger partial charge in [-0.3, -0.25) is 10.0 Å². The van der Waals surface area contributed by atoms with Crippen molar-refractivity contribution in [1.29, 1.82) is 0 Å². The molecule has 108 valence electrons. The Bertz CT molecular complexity index is 662. The maximum Gasteiger partial charge on any atom is 0.282 e. The zero-order valence-electron chi connectivity index (χ0n) is 11.0. The lowest BCUT2D eigenvalue weighted by Gasteiger charge is -2.05. The van der Waals surface area contributed by atoms with Gasteiger partial charge in [-0.25, -0.2) is 9.87 Å². The van der Waals surface area contributed by atoms with E-state index in [1.165, 1.54) is 5.48 Å². The summed E-state index contributed by atoms with van der Waals surface area (Å²) in [5.41, 5.74) is 0.815. The van der Waals surface area contributed by atoms with Crippen LogP contribution in [0.1, 0.15) is 23.0 Å². The van der Waals surface area contributed by atoms with Crippen LogP contribution in [0.5, 0.6) is 0 Å². The molecule has 1 aliphatic rings. The number of hydroxylamine groups is 1. The summed E-state index contributed by atoms with van der Waals surface area (Å²) in [4.78, 5) is 11.8. The van der Waals surface area contributed by atoms with E-state index in [1.54, 1.807) is 24.3 Å². The number of carbonyl (C=O) groups is 1. The van der Waals surface area contributed by atoms with E-state index < -0.39 is 23.4 Å². The van der Waals surface area contributed by atoms with Crippen molar-refractivity contribution in [1.82, 2.24) is 5.48 Å². The van der Waals surface area contributed by atoms with E-state index in [1.807, 2.05) is 30.3 Å². The van der Waals surface area contributed by atoms with Gasteiger partial charge in [-0.15, -0.1) is 0 Å². The van der Waals surface area contributed by atoms with Crippen molar-refractivity contribution < 1.29 is 14.4 Å². The molecule has 0 radical (unpaired) electrons. The minimum absolute atomic E-state index is 0.591. The maximum absolute atomic E-state index is 15.1. The minimum atomic E-state index is -2.12. The number of benzene rings is 2. The predicted molar refractivity (Wildman–Crippen MR) is 79.8 cm³/mol. The molecule has 1 aliphatic carbocycles. The topological polar surface area (TPSA) is 49.3 Å². The van der Waals surface area contributed by atoms with E-state index >= 15 is 4.39 Å². The van der Waals surface area contributed by atoms with Crippen LogP contribution in [0, 0.1) is 0 Å². The molecule has 3 nitrogen and oxygen atoms in total. The van der Waals surface area contributed by atoms with Crippen LogP contribution in [0.4, 0.5) is 4.39 Å². The molecule has 1 fully saturated rings. The Balaban J connectivity index is 2.01. The van der Waals surface area contributed by atoms with Gasteiger partial charge in [0.05, 0.1) is 0 Å². The van der Waals surface area contributed by atoms with Gasteiger partial charge < -0.3 is 0 Å². The highest BCUT2D eigenvalue weighted by Crippen LogP contribution is 2.66. The molecular weight excluding hydrogens is 337 g/mol. The van der Waals surface area contributed by atoms with Crippen LogP contribution in [-0.4, -0.2) is 16.8 Å². The second-order valence-corrected chi connectivity index (χ2v) is 6.04. The first-order valence-electron chi connectivity index (χ1n) is 6.53. The first-order valence-corrected chi connectivity index (χ1v) is 7.32. The Kier molecular flexibility index (Phi) is 3.55. The van der Waals surface area contributed by atoms with Crippen LogP contribution in [0.2, 0.25) is 0 Å². The zero-order chi connectivity index (χ0) is 15.0. The fourth-order valence-electron chi connectivity index (χ4n) is 2.93. The van der Waals surface area contributed by atoms with Crippen LogP contribution >= 0.6 is 15.9 Å². The zero-order valence-corrected chi connectivity index (χ0v) is 12.5. The van der Waals surface area contributed by atoms with Gasteiger partial charge in [-0.1, -0.05) is 58.4 Å². The van der Waals surface area contributed by atoms with Crippen LogP contribution in [0.3, 0.4) is 0 Å². The summed E-state index contributed by atoms with van der Waals surface area (Å²) in [7, 11) is 0. The Morgan fingerprint density at radius 1 is 1.05 bits per heavy atom. The lowest BCUT2D eigenvalue weighted by Crippen LogP contribution is -2.33. The molecule has 3 rings (SSSR count). The van der Waals surface area contributed by atoms with Crippen LogP contribution < -0.4 is 5.48 Å². The van der Waals surface area contributed by atoms with Gasteiger partial charge in [0.2, 0.25) is 5.67 Å². The molecule has 2 aromatic carbocycles. The summed E-state index contributed by atoms with van der Waals surface area (Å²) >= 11 is 3.33. The van der Waals surface area contributed by atoms with Gasteiger partial charge in [0.1, 0.15) is 0 Å². The van der Waals surface area contributed by atoms with E-state index in [-0.39, 0.29) is 0 Å². The third-order valence-corrected chi connectivity index (χ3v) is 4.50. The highest BCUT2D eigenvalue weighted by Gasteiger charge is 2.72. The smallest absolute Gasteiger partial charge is 0.282 e. The predicted octanol–water partition coefficient (Wildman–Crippen LogP) is 3.54. The molecule has 2 aromatic rings. The number of halogens is 2. The third kappa shape index (κ3) is 2.26. The fraction of sp³-hybridized carbons (Fsp3) is 0.188. The van der Waals surface area contributed by atoms with Crippen LogP contribution in [0.15, 0.2) is 59.1 Å². The second-order valence-electron chi connectivity index (χ2n) is 5.13. The quantitative estimate of drug-likeness (QED) is 0.657. The van der Waals surface area contributed by atoms with E-state index in [9.17, 15) is 4.79 Å². The molecule has 0 bridgehead atoms. The second kappa shape index (κ2) is 5.24. The van der Waals surface area contributed by atoms with E-state index in [4.69, 9.17) is 5.21 Å². The number of hydrogen-bond donors (Lipinski definition) is 2. The van der Waals surface area contributed by atoms with Crippen molar-refractivity contribution in [2.24, 2.45) is 0 Å². The number of amides is 1. The molecule has 1 saturated carbocycles. The molecule has 0 heterocycles. The summed E-state index contributed by atoms with van der Waals surface area (Å²) in [6.07, 6.45) is 0. The maximum atomic E-state index is 15.1. The van der Waals surface area contributed by atoms with Crippen molar-refractivity contribution >= 4 is 21.8 Å². The number of nitrogens with one attached hydrogen (secondary N) is 1. The van der Waals surface area contributed by atoms with E-state index in [0.29, 0.717) is 0 Å². The van der Waals surface area contributed by atoms with Gasteiger partial charge in [0, 0.05) is 16.3 Å². The van der Waals surface area contributed by atoms with Gasteiger partial charge in [-0.2, -0.15) is 0 Å². The van der Waals surface area contributed by atoms with Crippen molar-refractivity contribution in [2.75, 3.05) is 0 Å². The summed E-state index contributed by atoms with van der Waals surface area (Å²) < 4.78 is 16.0. The van der Waals surface area contributed by atoms with Gasteiger partial charge in [0.15, 0.2) is 0 Å². The van der Waals surface area contributed by atoms with E-state index in [2.05, 4.69) is 15.9 Å². The summed E-state index contributed by atoms with van der Waals surface area (Å²) in [5.74, 6) is -2.18. The van der Waals surface area contributed by atoms with Crippen molar-refractivity contribution in [3.63, 3.8) is 0 Å². The van der Waals surface area contributed by atoms with Gasteiger partial charge >= 0.3 is 0 Å². The minimum Gasteiger partial charge on any atom is -0.289 e. The highest BCUT2D eigenvalue weighted by molar-refractivity contribution is 9.10. The lowest BCUT2D eigenvalue weighted by molar-refractivity contribution is -0.136. The first-order chi connectivity index (χ1) is 10.1. The number of carbonyl (C=O) groups excluding carboxylic acids is 1. The van der Waals surface area contributed by atoms with Crippen molar-refractivity contribution in [3.05, 3.63) is 70.2 Å². The largest absolute Gasteiger partial charge is 0.289 e. The Labute approximate surface area is 129 Å². The standard InChI is InChI=1S/C16H13BrFNO2/c17-12-8-6-11(7-9-12)14-13(10-4-2-1-3-5-10)16(14,18)15(20)19-21/h1-9,13-14,21H,(H,19,20). The third-order valence-electron chi connectivity index (χ3n) is 3.97. The summed E-state index contributed by atoms with van der Waals surface area (Å²) in [6.45, 7) is 0. The van der Waals surface area contributed by atoms with Gasteiger partial charge in [0.25, 0.3) is 5.91 Å². The molecule has 3 atom stereocenters. The first kappa shape index (κ1) is 14.2. The van der Waals surface area contributed by atoms with Crippen molar-refractivity contribution in [2.45, 2.75) is 17.5 Å². The normalized spacial score (nSPS) is 27.2. The van der Waals surface area contributed by atoms with Crippen LogP contribution in [-0.2, 0) is 4.79 Å². The Morgan fingerprint density at radius 2 is 1.57 bits per heavy atom. The molecule has 21 heavy (non-hydrogen) atoms. The fourth-order valence-corrected chi connectivity index (χ4v) is 3.19. The number of alkyl halides is 1. The molecule has 3 unspecified atom stereocenters. The molecule has 1 amide bonds. The molecular formula is C16H13BrFNO2.